The number of methoxy groups -OCH3 is 1. The Morgan fingerprint density at radius 2 is 1.54 bits per heavy atom. The molecule has 0 unspecified atom stereocenters. The Morgan fingerprint density at radius 3 is 2.26 bits per heavy atom. The summed E-state index contributed by atoms with van der Waals surface area (Å²) in [6.45, 7) is 2.58. The van der Waals surface area contributed by atoms with Crippen LogP contribution in [0, 0.1) is 0 Å². The lowest BCUT2D eigenvalue weighted by molar-refractivity contribution is 0.316. The third-order valence-electron chi connectivity index (χ3n) is 5.48. The molecule has 0 aliphatic heterocycles. The number of nitrogens with zero attached hydrogens (tertiary/aromatic N) is 2. The Balaban J connectivity index is 1.80. The van der Waals surface area contributed by atoms with Crippen LogP contribution in [0.2, 0.25) is 0 Å². The number of rotatable bonds is 9. The molecule has 4 aromatic rings. The Kier molecular flexibility index (Phi) is 6.74. The van der Waals surface area contributed by atoms with Gasteiger partial charge >= 0.3 is 5.69 Å². The minimum absolute atomic E-state index is 0.0276. The van der Waals surface area contributed by atoms with E-state index in [2.05, 4.69) is 4.72 Å². The summed E-state index contributed by atoms with van der Waals surface area (Å²) >= 11 is 0. The van der Waals surface area contributed by atoms with Crippen LogP contribution in [0.4, 0.5) is 5.69 Å². The molecule has 0 amide bonds. The van der Waals surface area contributed by atoms with Gasteiger partial charge in [0.2, 0.25) is 0 Å². The predicted octanol–water partition coefficient (Wildman–Crippen LogP) is 4.27. The molecular formula is C25H27N3O6S. The van der Waals surface area contributed by atoms with E-state index in [0.717, 1.165) is 6.42 Å². The van der Waals surface area contributed by atoms with Crippen LogP contribution in [-0.4, -0.2) is 31.3 Å². The topological polar surface area (TPSA) is 101 Å². The van der Waals surface area contributed by atoms with Gasteiger partial charge in [0.15, 0.2) is 5.75 Å². The summed E-state index contributed by atoms with van der Waals surface area (Å²) in [5.74, 6) is 1.74. The van der Waals surface area contributed by atoms with Crippen molar-refractivity contribution in [2.24, 2.45) is 14.1 Å². The highest BCUT2D eigenvalue weighted by molar-refractivity contribution is 7.92. The van der Waals surface area contributed by atoms with Crippen molar-refractivity contribution in [3.8, 4) is 23.0 Å². The molecule has 0 aliphatic rings. The molecule has 0 aliphatic carbocycles. The van der Waals surface area contributed by atoms with Crippen molar-refractivity contribution in [3.05, 3.63) is 71.1 Å². The maximum absolute atomic E-state index is 13.2. The van der Waals surface area contributed by atoms with Crippen LogP contribution in [0.25, 0.3) is 11.0 Å². The second-order valence-corrected chi connectivity index (χ2v) is 9.63. The molecular weight excluding hydrogens is 470 g/mol. The summed E-state index contributed by atoms with van der Waals surface area (Å²) in [7, 11) is 0.743. The molecule has 0 saturated carbocycles. The summed E-state index contributed by atoms with van der Waals surface area (Å²) < 4.78 is 48.9. The fraction of sp³-hybridized carbons (Fsp3) is 0.240. The molecule has 1 heterocycles. The first-order valence-corrected chi connectivity index (χ1v) is 12.5. The van der Waals surface area contributed by atoms with Gasteiger partial charge < -0.3 is 14.2 Å². The Labute approximate surface area is 203 Å². The first-order chi connectivity index (χ1) is 16.7. The van der Waals surface area contributed by atoms with Crippen molar-refractivity contribution in [1.29, 1.82) is 0 Å². The van der Waals surface area contributed by atoms with Crippen molar-refractivity contribution in [3.63, 3.8) is 0 Å². The molecule has 35 heavy (non-hydrogen) atoms. The first-order valence-electron chi connectivity index (χ1n) is 11.0. The van der Waals surface area contributed by atoms with Crippen molar-refractivity contribution < 1.29 is 22.6 Å². The summed E-state index contributed by atoms with van der Waals surface area (Å²) in [6, 6.07) is 16.4. The highest BCUT2D eigenvalue weighted by Gasteiger charge is 2.21. The molecule has 0 bridgehead atoms. The summed E-state index contributed by atoms with van der Waals surface area (Å²) in [6.07, 6.45) is 0.861. The highest BCUT2D eigenvalue weighted by Crippen LogP contribution is 2.36. The number of ether oxygens (including phenoxy) is 3. The first kappa shape index (κ1) is 24.2. The van der Waals surface area contributed by atoms with Crippen LogP contribution in [0.3, 0.4) is 0 Å². The van der Waals surface area contributed by atoms with Crippen LogP contribution >= 0.6 is 0 Å². The van der Waals surface area contributed by atoms with Gasteiger partial charge in [0, 0.05) is 32.3 Å². The molecule has 9 nitrogen and oxygen atoms in total. The minimum atomic E-state index is -3.99. The van der Waals surface area contributed by atoms with Crippen molar-refractivity contribution in [2.45, 2.75) is 18.2 Å². The van der Waals surface area contributed by atoms with Crippen LogP contribution in [0.1, 0.15) is 13.3 Å². The maximum Gasteiger partial charge on any atom is 0.328 e. The lowest BCUT2D eigenvalue weighted by atomic mass is 10.2. The molecule has 0 atom stereocenters. The van der Waals surface area contributed by atoms with E-state index in [1.165, 1.54) is 28.4 Å². The standard InChI is InChI=1S/C25H27N3O6S/c1-5-12-33-18-9-6-10-19(13-18)34-24-16-23-22(27(2)25(29)28(23)3)15-21(24)26-35(30,31)20-11-7-8-17(14-20)32-4/h6-11,13-16,26H,5,12H2,1-4H3. The zero-order chi connectivity index (χ0) is 25.2. The SMILES string of the molecule is CCCOc1cccc(Oc2cc3c(cc2NS(=O)(=O)c2cccc(OC)c2)n(C)c(=O)n3C)c1. The number of anilines is 1. The Hall–Kier alpha value is -3.92. The van der Waals surface area contributed by atoms with Gasteiger partial charge in [-0.3, -0.25) is 13.9 Å². The molecule has 1 aromatic heterocycles. The average molecular weight is 498 g/mol. The normalized spacial score (nSPS) is 11.4. The van der Waals surface area contributed by atoms with Gasteiger partial charge in [-0.05, 0) is 36.8 Å². The number of aryl methyl sites for hydroxylation is 2. The fourth-order valence-electron chi connectivity index (χ4n) is 3.64. The molecule has 0 saturated heterocycles. The van der Waals surface area contributed by atoms with E-state index in [1.807, 2.05) is 13.0 Å². The van der Waals surface area contributed by atoms with Gasteiger partial charge in [-0.15, -0.1) is 0 Å². The largest absolute Gasteiger partial charge is 0.497 e. The monoisotopic (exact) mass is 497 g/mol. The van der Waals surface area contributed by atoms with Crippen molar-refractivity contribution >= 4 is 26.7 Å². The lowest BCUT2D eigenvalue weighted by Crippen LogP contribution is -2.19. The van der Waals surface area contributed by atoms with Crippen molar-refractivity contribution in [2.75, 3.05) is 18.4 Å². The number of fused-ring (bicyclic) bond motifs is 1. The van der Waals surface area contributed by atoms with Gasteiger partial charge in [-0.2, -0.15) is 0 Å². The van der Waals surface area contributed by atoms with Gasteiger partial charge in [-0.1, -0.05) is 19.1 Å². The van der Waals surface area contributed by atoms with E-state index in [4.69, 9.17) is 14.2 Å². The number of sulfonamides is 1. The quantitative estimate of drug-likeness (QED) is 0.371. The van der Waals surface area contributed by atoms with Crippen LogP contribution in [0.15, 0.2) is 70.4 Å². The zero-order valence-corrected chi connectivity index (χ0v) is 20.8. The van der Waals surface area contributed by atoms with E-state index in [9.17, 15) is 13.2 Å². The molecule has 184 valence electrons. The number of imidazole rings is 1. The van der Waals surface area contributed by atoms with E-state index in [0.29, 0.717) is 34.9 Å². The number of hydrogen-bond acceptors (Lipinski definition) is 6. The third-order valence-corrected chi connectivity index (χ3v) is 6.84. The molecule has 0 radical (unpaired) electrons. The zero-order valence-electron chi connectivity index (χ0n) is 19.9. The molecule has 4 rings (SSSR count). The van der Waals surface area contributed by atoms with E-state index in [1.54, 1.807) is 56.6 Å². The van der Waals surface area contributed by atoms with Gasteiger partial charge in [0.25, 0.3) is 10.0 Å². The molecule has 10 heteroatoms. The second kappa shape index (κ2) is 9.75. The molecule has 0 fully saturated rings. The van der Waals surface area contributed by atoms with E-state index < -0.39 is 10.0 Å². The fourth-order valence-corrected chi connectivity index (χ4v) is 4.73. The van der Waals surface area contributed by atoms with Gasteiger partial charge in [0.05, 0.1) is 35.3 Å². The summed E-state index contributed by atoms with van der Waals surface area (Å²) in [5.41, 5.74) is 1.08. The molecule has 3 aromatic carbocycles. The lowest BCUT2D eigenvalue weighted by Gasteiger charge is -2.15. The van der Waals surface area contributed by atoms with E-state index >= 15 is 0 Å². The highest BCUT2D eigenvalue weighted by atomic mass is 32.2. The van der Waals surface area contributed by atoms with Crippen LogP contribution in [-0.2, 0) is 24.1 Å². The number of hydrogen-bond donors (Lipinski definition) is 1. The second-order valence-electron chi connectivity index (χ2n) is 7.95. The van der Waals surface area contributed by atoms with Gasteiger partial charge in [0.1, 0.15) is 17.2 Å². The number of benzene rings is 3. The van der Waals surface area contributed by atoms with Crippen molar-refractivity contribution in [1.82, 2.24) is 9.13 Å². The van der Waals surface area contributed by atoms with E-state index in [-0.39, 0.29) is 22.0 Å². The minimum Gasteiger partial charge on any atom is -0.497 e. The summed E-state index contributed by atoms with van der Waals surface area (Å²) in [5, 5.41) is 0. The maximum atomic E-state index is 13.2. The number of nitrogens with one attached hydrogen (secondary N) is 1. The molecule has 0 spiro atoms. The van der Waals surface area contributed by atoms with Crippen LogP contribution in [0.5, 0.6) is 23.0 Å². The molecule has 1 N–H and O–H groups in total. The predicted molar refractivity (Wildman–Crippen MR) is 134 cm³/mol. The Morgan fingerprint density at radius 1 is 0.886 bits per heavy atom. The smallest absolute Gasteiger partial charge is 0.328 e. The summed E-state index contributed by atoms with van der Waals surface area (Å²) in [4.78, 5) is 12.5. The number of aromatic nitrogens is 2. The average Bonchev–Trinajstić information content (AvgIpc) is 3.06. The van der Waals surface area contributed by atoms with Gasteiger partial charge in [-0.25, -0.2) is 13.2 Å². The Bertz CT molecular complexity index is 1540. The third kappa shape index (κ3) is 4.97. The van der Waals surface area contributed by atoms with Crippen LogP contribution < -0.4 is 24.6 Å².